The quantitative estimate of drug-likeness (QED) is 0.574. The number of aromatic hydroxyl groups is 1. The Kier molecular flexibility index (Phi) is 5.55. The summed E-state index contributed by atoms with van der Waals surface area (Å²) in [5.41, 5.74) is -0.759. The zero-order chi connectivity index (χ0) is 25.0. The normalized spacial score (nSPS) is 16.4. The third kappa shape index (κ3) is 3.83. The predicted molar refractivity (Wildman–Crippen MR) is 119 cm³/mol. The summed E-state index contributed by atoms with van der Waals surface area (Å²) in [6.07, 6.45) is 1.67. The van der Waals surface area contributed by atoms with Gasteiger partial charge in [0, 0.05) is 48.5 Å². The number of aromatic nitrogens is 1. The van der Waals surface area contributed by atoms with E-state index in [0.717, 1.165) is 17.3 Å². The summed E-state index contributed by atoms with van der Waals surface area (Å²) in [6.45, 7) is -0.0701. The monoisotopic (exact) mass is 503 g/mol. The van der Waals surface area contributed by atoms with Crippen molar-refractivity contribution >= 4 is 23.4 Å². The van der Waals surface area contributed by atoms with Gasteiger partial charge in [0.15, 0.2) is 11.4 Å². The third-order valence-electron chi connectivity index (χ3n) is 6.32. The van der Waals surface area contributed by atoms with Crippen LogP contribution in [0.1, 0.15) is 43.6 Å². The minimum atomic E-state index is -1.20. The van der Waals surface area contributed by atoms with Crippen molar-refractivity contribution in [3.8, 4) is 5.75 Å². The van der Waals surface area contributed by atoms with Crippen LogP contribution >= 0.6 is 11.6 Å². The van der Waals surface area contributed by atoms with Gasteiger partial charge in [0.25, 0.3) is 11.8 Å². The van der Waals surface area contributed by atoms with E-state index in [0.29, 0.717) is 30.1 Å². The van der Waals surface area contributed by atoms with Crippen molar-refractivity contribution in [1.82, 2.24) is 14.8 Å². The van der Waals surface area contributed by atoms with Crippen LogP contribution in [0.15, 0.2) is 41.3 Å². The molecule has 2 aliphatic heterocycles. The molecule has 3 heterocycles. The first-order chi connectivity index (χ1) is 16.7. The number of nitrogens with one attached hydrogen (secondary N) is 1. The van der Waals surface area contributed by atoms with E-state index in [-0.39, 0.29) is 12.2 Å². The number of benzene rings is 2. The molecular weight excluding hydrogens is 487 g/mol. The largest absolute Gasteiger partial charge is 0.503 e. The highest BCUT2D eigenvalue weighted by Crippen LogP contribution is 2.35. The lowest BCUT2D eigenvalue weighted by atomic mass is 9.97. The van der Waals surface area contributed by atoms with Crippen LogP contribution in [0, 0.1) is 17.5 Å². The van der Waals surface area contributed by atoms with E-state index in [2.05, 4.69) is 5.32 Å². The van der Waals surface area contributed by atoms with Crippen LogP contribution in [-0.2, 0) is 13.0 Å². The Balaban J connectivity index is 1.56. The van der Waals surface area contributed by atoms with Gasteiger partial charge in [0.05, 0.1) is 6.04 Å². The molecule has 2 aromatic carbocycles. The van der Waals surface area contributed by atoms with E-state index in [1.54, 1.807) is 18.2 Å². The smallest absolute Gasteiger partial charge is 0.274 e. The van der Waals surface area contributed by atoms with Crippen LogP contribution in [0.4, 0.5) is 13.2 Å². The number of nitrogens with zero attached hydrogens (tertiary/aromatic N) is 2. The van der Waals surface area contributed by atoms with Crippen molar-refractivity contribution in [1.29, 1.82) is 0 Å². The summed E-state index contributed by atoms with van der Waals surface area (Å²) < 4.78 is 42.4. The highest BCUT2D eigenvalue weighted by Gasteiger charge is 2.38. The molecule has 2 amide bonds. The van der Waals surface area contributed by atoms with E-state index < -0.39 is 64.2 Å². The number of hydrogen-bond donors (Lipinski definition) is 2. The van der Waals surface area contributed by atoms with E-state index in [9.17, 15) is 32.7 Å². The molecule has 1 atom stereocenters. The van der Waals surface area contributed by atoms with E-state index >= 15 is 0 Å². The van der Waals surface area contributed by atoms with Gasteiger partial charge in [-0.25, -0.2) is 13.2 Å². The van der Waals surface area contributed by atoms with Crippen LogP contribution in [0.5, 0.6) is 5.75 Å². The topological polar surface area (TPSA) is 91.6 Å². The lowest BCUT2D eigenvalue weighted by molar-refractivity contribution is 0.0686. The molecule has 1 aromatic heterocycles. The number of carbonyl (C=O) groups excluding carboxylic acids is 2. The standard InChI is InChI=1S/C24H17ClF3N3O4/c25-12-1-2-14-11(5-12)3-4-30-10-19(14)31-9-16(21(32)22(33)20(31)24(30)35)23(34)29-8-15-17(27)6-13(26)7-18(15)28/h1-2,5-7,9,19,33H,3-4,8,10H2,(H,29,34)/t19-/m0/s1. The Morgan fingerprint density at radius 3 is 2.57 bits per heavy atom. The van der Waals surface area contributed by atoms with Crippen LogP contribution < -0.4 is 10.7 Å². The van der Waals surface area contributed by atoms with Gasteiger partial charge in [-0.1, -0.05) is 17.7 Å². The maximum absolute atomic E-state index is 13.9. The fourth-order valence-corrected chi connectivity index (χ4v) is 4.78. The molecule has 180 valence electrons. The molecule has 0 radical (unpaired) electrons. The maximum Gasteiger partial charge on any atom is 0.274 e. The predicted octanol–water partition coefficient (Wildman–Crippen LogP) is 3.16. The Bertz CT molecular complexity index is 1450. The minimum absolute atomic E-state index is 0.246. The molecule has 0 aliphatic carbocycles. The third-order valence-corrected chi connectivity index (χ3v) is 6.56. The summed E-state index contributed by atoms with van der Waals surface area (Å²) >= 11 is 6.13. The Hall–Kier alpha value is -3.79. The van der Waals surface area contributed by atoms with Gasteiger partial charge in [-0.15, -0.1) is 0 Å². The van der Waals surface area contributed by atoms with Crippen molar-refractivity contribution in [2.24, 2.45) is 0 Å². The fourth-order valence-electron chi connectivity index (χ4n) is 4.59. The minimum Gasteiger partial charge on any atom is -0.503 e. The molecule has 2 N–H and O–H groups in total. The van der Waals surface area contributed by atoms with Gasteiger partial charge in [0.2, 0.25) is 5.43 Å². The molecule has 3 aromatic rings. The Labute approximate surface area is 201 Å². The van der Waals surface area contributed by atoms with Crippen LogP contribution in [0.3, 0.4) is 0 Å². The average Bonchev–Trinajstić information content (AvgIpc) is 2.96. The van der Waals surface area contributed by atoms with Gasteiger partial charge < -0.3 is 19.9 Å². The number of pyridine rings is 1. The number of rotatable bonds is 3. The SMILES string of the molecule is O=C(NCc1c(F)cc(F)cc1F)c1cn2c(c(O)c1=O)C(=O)N1CCc3cc(Cl)ccc3[C@@H]2C1. The van der Waals surface area contributed by atoms with Gasteiger partial charge in [-0.3, -0.25) is 14.4 Å². The van der Waals surface area contributed by atoms with E-state index in [4.69, 9.17) is 11.6 Å². The first-order valence-electron chi connectivity index (χ1n) is 10.6. The number of hydrogen-bond acceptors (Lipinski definition) is 4. The summed E-state index contributed by atoms with van der Waals surface area (Å²) in [7, 11) is 0. The molecule has 0 fully saturated rings. The highest BCUT2D eigenvalue weighted by molar-refractivity contribution is 6.30. The lowest BCUT2D eigenvalue weighted by Crippen LogP contribution is -2.45. The lowest BCUT2D eigenvalue weighted by Gasteiger charge is -2.35. The molecule has 11 heteroatoms. The average molecular weight is 504 g/mol. The molecule has 0 saturated carbocycles. The molecule has 2 aliphatic rings. The molecule has 7 nitrogen and oxygen atoms in total. The zero-order valence-electron chi connectivity index (χ0n) is 17.9. The Morgan fingerprint density at radius 1 is 1.14 bits per heavy atom. The molecule has 0 unspecified atom stereocenters. The van der Waals surface area contributed by atoms with Crippen LogP contribution in [0.2, 0.25) is 5.02 Å². The van der Waals surface area contributed by atoms with Gasteiger partial charge in [0.1, 0.15) is 23.0 Å². The molecule has 2 bridgehead atoms. The van der Waals surface area contributed by atoms with Gasteiger partial charge >= 0.3 is 0 Å². The summed E-state index contributed by atoms with van der Waals surface area (Å²) in [4.78, 5) is 40.2. The summed E-state index contributed by atoms with van der Waals surface area (Å²) in [5.74, 6) is -5.99. The second kappa shape index (κ2) is 8.46. The van der Waals surface area contributed by atoms with Gasteiger partial charge in [-0.05, 0) is 29.7 Å². The van der Waals surface area contributed by atoms with E-state index in [1.807, 2.05) is 0 Å². The Morgan fingerprint density at radius 2 is 1.86 bits per heavy atom. The molecule has 5 rings (SSSR count). The van der Waals surface area contributed by atoms with Crippen molar-refractivity contribution in [3.05, 3.63) is 97.2 Å². The number of carbonyl (C=O) groups is 2. The fraction of sp³-hybridized carbons (Fsp3) is 0.208. The van der Waals surface area contributed by atoms with Crippen LogP contribution in [0.25, 0.3) is 0 Å². The number of fused-ring (bicyclic) bond motifs is 6. The molecular formula is C24H17ClF3N3O4. The first-order valence-corrected chi connectivity index (χ1v) is 11.0. The first kappa shape index (κ1) is 23.0. The summed E-state index contributed by atoms with van der Waals surface area (Å²) in [6, 6.07) is 5.69. The van der Waals surface area contributed by atoms with E-state index in [1.165, 1.54) is 9.47 Å². The van der Waals surface area contributed by atoms with Gasteiger partial charge in [-0.2, -0.15) is 0 Å². The maximum atomic E-state index is 13.9. The molecule has 35 heavy (non-hydrogen) atoms. The zero-order valence-corrected chi connectivity index (χ0v) is 18.7. The molecule has 0 saturated heterocycles. The second-order valence-corrected chi connectivity index (χ2v) is 8.80. The number of halogens is 4. The van der Waals surface area contributed by atoms with Crippen molar-refractivity contribution in [2.45, 2.75) is 19.0 Å². The second-order valence-electron chi connectivity index (χ2n) is 8.37. The highest BCUT2D eigenvalue weighted by atomic mass is 35.5. The van der Waals surface area contributed by atoms with Crippen LogP contribution in [-0.4, -0.2) is 39.5 Å². The molecule has 0 spiro atoms. The van der Waals surface area contributed by atoms with Crippen molar-refractivity contribution in [2.75, 3.05) is 13.1 Å². The number of amides is 2. The van der Waals surface area contributed by atoms with Crippen molar-refractivity contribution in [3.63, 3.8) is 0 Å². The summed E-state index contributed by atoms with van der Waals surface area (Å²) in [5, 5.41) is 13.4. The van der Waals surface area contributed by atoms with Crippen molar-refractivity contribution < 1.29 is 27.9 Å².